The molecule has 2 aliphatic rings. The summed E-state index contributed by atoms with van der Waals surface area (Å²) in [6.07, 6.45) is 0.000464. The van der Waals surface area contributed by atoms with Crippen LogP contribution in [0.1, 0.15) is 18.4 Å². The van der Waals surface area contributed by atoms with Crippen LogP contribution in [0.4, 0.5) is 10.2 Å². The summed E-state index contributed by atoms with van der Waals surface area (Å²) in [6.45, 7) is 1.68. The summed E-state index contributed by atoms with van der Waals surface area (Å²) in [5.74, 6) is 0.439. The zero-order valence-electron chi connectivity index (χ0n) is 14.7. The second kappa shape index (κ2) is 6.29. The van der Waals surface area contributed by atoms with E-state index in [9.17, 15) is 14.4 Å². The van der Waals surface area contributed by atoms with Crippen LogP contribution in [0.2, 0.25) is 0 Å². The predicted octanol–water partition coefficient (Wildman–Crippen LogP) is 1.53. The van der Waals surface area contributed by atoms with Gasteiger partial charge in [0.15, 0.2) is 0 Å². The number of primary amides is 1. The highest BCUT2D eigenvalue weighted by Crippen LogP contribution is 2.35. The molecule has 2 aliphatic heterocycles. The molecule has 0 bridgehead atoms. The fraction of sp³-hybridized carbons (Fsp3) is 0.474. The van der Waals surface area contributed by atoms with E-state index < -0.39 is 18.1 Å². The molecule has 7 heteroatoms. The molecule has 3 atom stereocenters. The standard InChI is InChI=1S/C19H22FN5O/c1-23-16-5-3-2-4-14(16)15(9-21)19(23)24-7-6-13(11-24)25-10-12(20)8-17(25)18(22)26/h2-5,12-13,17H,6-8,10-11H2,1H3,(H2,22,26)/t12-,13-,17-/m0/s1. The van der Waals surface area contributed by atoms with Gasteiger partial charge in [0, 0.05) is 44.5 Å². The zero-order chi connectivity index (χ0) is 18.4. The number of para-hydroxylation sites is 1. The number of alkyl halides is 1. The molecule has 6 nitrogen and oxygen atoms in total. The number of carbonyl (C=O) groups excluding carboxylic acids is 1. The van der Waals surface area contributed by atoms with Gasteiger partial charge < -0.3 is 15.2 Å². The third kappa shape index (κ3) is 2.53. The Morgan fingerprint density at radius 3 is 2.85 bits per heavy atom. The maximum Gasteiger partial charge on any atom is 0.234 e. The van der Waals surface area contributed by atoms with Crippen LogP contribution in [-0.2, 0) is 11.8 Å². The first-order valence-electron chi connectivity index (χ1n) is 8.93. The molecule has 26 heavy (non-hydrogen) atoms. The van der Waals surface area contributed by atoms with Crippen LogP contribution >= 0.6 is 0 Å². The number of benzene rings is 1. The molecular weight excluding hydrogens is 333 g/mol. The van der Waals surface area contributed by atoms with E-state index in [1.54, 1.807) is 0 Å². The summed E-state index contributed by atoms with van der Waals surface area (Å²) in [4.78, 5) is 15.8. The Morgan fingerprint density at radius 1 is 1.35 bits per heavy atom. The van der Waals surface area contributed by atoms with Crippen LogP contribution in [0.5, 0.6) is 0 Å². The molecule has 3 heterocycles. The summed E-state index contributed by atoms with van der Waals surface area (Å²) in [5.41, 5.74) is 7.16. The predicted molar refractivity (Wildman–Crippen MR) is 97.5 cm³/mol. The number of nitrogens with two attached hydrogens (primary N) is 1. The van der Waals surface area contributed by atoms with Crippen molar-refractivity contribution in [3.63, 3.8) is 0 Å². The molecule has 0 saturated carbocycles. The van der Waals surface area contributed by atoms with Crippen molar-refractivity contribution in [2.75, 3.05) is 24.5 Å². The second-order valence-electron chi connectivity index (χ2n) is 7.22. The van der Waals surface area contributed by atoms with Crippen molar-refractivity contribution in [3.05, 3.63) is 29.8 Å². The first-order chi connectivity index (χ1) is 12.5. The fourth-order valence-corrected chi connectivity index (χ4v) is 4.56. The summed E-state index contributed by atoms with van der Waals surface area (Å²) in [5, 5.41) is 10.6. The molecule has 0 spiro atoms. The number of aryl methyl sites for hydroxylation is 1. The van der Waals surface area contributed by atoms with Gasteiger partial charge in [-0.3, -0.25) is 9.69 Å². The van der Waals surface area contributed by atoms with E-state index >= 15 is 0 Å². The number of likely N-dealkylation sites (tertiary alicyclic amines) is 1. The van der Waals surface area contributed by atoms with Crippen molar-refractivity contribution in [2.45, 2.75) is 31.1 Å². The number of anilines is 1. The minimum absolute atomic E-state index is 0.0674. The highest BCUT2D eigenvalue weighted by molar-refractivity contribution is 5.93. The van der Waals surface area contributed by atoms with E-state index in [4.69, 9.17) is 5.73 Å². The number of rotatable bonds is 3. The SMILES string of the molecule is Cn1c(N2CC[C@H](N3C[C@@H](F)C[C@H]3C(N)=O)C2)c(C#N)c2ccccc21. The normalized spacial score (nSPS) is 26.5. The first-order valence-corrected chi connectivity index (χ1v) is 8.93. The van der Waals surface area contributed by atoms with Crippen molar-refractivity contribution in [1.29, 1.82) is 5.26 Å². The lowest BCUT2D eigenvalue weighted by atomic mass is 10.1. The average Bonchev–Trinajstić information content (AvgIpc) is 3.31. The van der Waals surface area contributed by atoms with Crippen molar-refractivity contribution in [1.82, 2.24) is 9.47 Å². The van der Waals surface area contributed by atoms with E-state index in [1.807, 2.05) is 40.8 Å². The molecule has 0 radical (unpaired) electrons. The highest BCUT2D eigenvalue weighted by atomic mass is 19.1. The summed E-state index contributed by atoms with van der Waals surface area (Å²) in [6, 6.07) is 9.74. The molecule has 4 rings (SSSR count). The molecule has 1 amide bonds. The van der Waals surface area contributed by atoms with Gasteiger partial charge in [0.2, 0.25) is 5.91 Å². The van der Waals surface area contributed by atoms with Crippen LogP contribution in [0.15, 0.2) is 24.3 Å². The largest absolute Gasteiger partial charge is 0.368 e. The van der Waals surface area contributed by atoms with Crippen molar-refractivity contribution in [3.8, 4) is 6.07 Å². The van der Waals surface area contributed by atoms with E-state index in [0.717, 1.165) is 29.7 Å². The van der Waals surface area contributed by atoms with E-state index in [-0.39, 0.29) is 19.0 Å². The van der Waals surface area contributed by atoms with Gasteiger partial charge >= 0.3 is 0 Å². The number of halogens is 1. The van der Waals surface area contributed by atoms with E-state index in [0.29, 0.717) is 12.1 Å². The lowest BCUT2D eigenvalue weighted by molar-refractivity contribution is -0.122. The number of hydrogen-bond donors (Lipinski definition) is 1. The number of amides is 1. The van der Waals surface area contributed by atoms with Gasteiger partial charge in [0.05, 0.1) is 11.6 Å². The average molecular weight is 355 g/mol. The lowest BCUT2D eigenvalue weighted by Gasteiger charge is -2.28. The minimum Gasteiger partial charge on any atom is -0.368 e. The van der Waals surface area contributed by atoms with Gasteiger partial charge in [0.25, 0.3) is 0 Å². The first kappa shape index (κ1) is 16.9. The molecule has 0 aliphatic carbocycles. The second-order valence-corrected chi connectivity index (χ2v) is 7.22. The molecule has 2 fully saturated rings. The van der Waals surface area contributed by atoms with Gasteiger partial charge in [-0.2, -0.15) is 5.26 Å². The monoisotopic (exact) mass is 355 g/mol. The van der Waals surface area contributed by atoms with Gasteiger partial charge in [-0.05, 0) is 12.5 Å². The Hall–Kier alpha value is -2.59. The molecule has 0 unspecified atom stereocenters. The highest BCUT2D eigenvalue weighted by Gasteiger charge is 2.42. The number of hydrogen-bond acceptors (Lipinski definition) is 4. The van der Waals surface area contributed by atoms with Crippen molar-refractivity contribution < 1.29 is 9.18 Å². The number of nitriles is 1. The fourth-order valence-electron chi connectivity index (χ4n) is 4.56. The Bertz CT molecular complexity index is 901. The quantitative estimate of drug-likeness (QED) is 0.906. The third-order valence-corrected chi connectivity index (χ3v) is 5.74. The Kier molecular flexibility index (Phi) is 4.08. The topological polar surface area (TPSA) is 78.3 Å². The smallest absolute Gasteiger partial charge is 0.234 e. The van der Waals surface area contributed by atoms with Gasteiger partial charge in [-0.15, -0.1) is 0 Å². The number of aromatic nitrogens is 1. The summed E-state index contributed by atoms with van der Waals surface area (Å²) < 4.78 is 15.9. The lowest BCUT2D eigenvalue weighted by Crippen LogP contribution is -2.47. The van der Waals surface area contributed by atoms with E-state index in [1.165, 1.54) is 0 Å². The minimum atomic E-state index is -1.01. The molecule has 136 valence electrons. The molecular formula is C19H22FN5O. The van der Waals surface area contributed by atoms with Crippen LogP contribution in [-0.4, -0.2) is 53.3 Å². The Labute approximate surface area is 151 Å². The molecule has 1 aromatic heterocycles. The third-order valence-electron chi connectivity index (χ3n) is 5.74. The van der Waals surface area contributed by atoms with Gasteiger partial charge in [-0.25, -0.2) is 4.39 Å². The molecule has 1 aromatic carbocycles. The zero-order valence-corrected chi connectivity index (χ0v) is 14.7. The van der Waals surface area contributed by atoms with Gasteiger partial charge in [0.1, 0.15) is 23.6 Å². The van der Waals surface area contributed by atoms with Crippen LogP contribution < -0.4 is 10.6 Å². The van der Waals surface area contributed by atoms with Gasteiger partial charge in [-0.1, -0.05) is 18.2 Å². The maximum atomic E-state index is 13.9. The van der Waals surface area contributed by atoms with Crippen LogP contribution in [0.25, 0.3) is 10.9 Å². The van der Waals surface area contributed by atoms with Crippen molar-refractivity contribution in [2.24, 2.45) is 12.8 Å². The molecule has 2 aromatic rings. The van der Waals surface area contributed by atoms with E-state index in [2.05, 4.69) is 11.0 Å². The maximum absolute atomic E-state index is 13.9. The number of nitrogens with zero attached hydrogens (tertiary/aromatic N) is 4. The number of fused-ring (bicyclic) bond motifs is 1. The number of carbonyl (C=O) groups is 1. The van der Waals surface area contributed by atoms with Crippen LogP contribution in [0, 0.1) is 11.3 Å². The Morgan fingerprint density at radius 2 is 2.12 bits per heavy atom. The Balaban J connectivity index is 1.64. The summed E-state index contributed by atoms with van der Waals surface area (Å²) >= 11 is 0. The molecule has 2 N–H and O–H groups in total. The molecule has 2 saturated heterocycles. The van der Waals surface area contributed by atoms with Crippen molar-refractivity contribution >= 4 is 22.6 Å². The summed E-state index contributed by atoms with van der Waals surface area (Å²) in [7, 11) is 1.96. The van der Waals surface area contributed by atoms with Crippen LogP contribution in [0.3, 0.4) is 0 Å².